The van der Waals surface area contributed by atoms with Crippen LogP contribution in [-0.2, 0) is 6.42 Å². The molecule has 3 nitrogen and oxygen atoms in total. The van der Waals surface area contributed by atoms with E-state index in [1.54, 1.807) is 0 Å². The van der Waals surface area contributed by atoms with Crippen LogP contribution in [0.5, 0.6) is 0 Å². The maximum absolute atomic E-state index is 3.66. The summed E-state index contributed by atoms with van der Waals surface area (Å²) in [4.78, 5) is 4.96. The van der Waals surface area contributed by atoms with Gasteiger partial charge in [-0.25, -0.2) is 0 Å². The van der Waals surface area contributed by atoms with Crippen LogP contribution in [0, 0.1) is 6.92 Å². The third kappa shape index (κ3) is 4.83. The van der Waals surface area contributed by atoms with Crippen LogP contribution in [0.25, 0.3) is 0 Å². The van der Waals surface area contributed by atoms with Crippen molar-refractivity contribution in [2.45, 2.75) is 13.3 Å². The summed E-state index contributed by atoms with van der Waals surface area (Å²) in [5.74, 6) is 0. The lowest BCUT2D eigenvalue weighted by atomic mass is 10.0. The molecule has 2 aromatic carbocycles. The lowest BCUT2D eigenvalue weighted by molar-refractivity contribution is 0.158. The van der Waals surface area contributed by atoms with Crippen LogP contribution in [0.1, 0.15) is 16.7 Å². The van der Waals surface area contributed by atoms with Gasteiger partial charge in [-0.1, -0.05) is 48.0 Å². The van der Waals surface area contributed by atoms with Crippen LogP contribution in [0.2, 0.25) is 0 Å². The van der Waals surface area contributed by atoms with Crippen molar-refractivity contribution in [3.05, 3.63) is 65.2 Å². The van der Waals surface area contributed by atoms with Crippen LogP contribution in [0.4, 0.5) is 5.69 Å². The first-order valence-corrected chi connectivity index (χ1v) is 8.99. The highest BCUT2D eigenvalue weighted by atomic mass is 15.2. The van der Waals surface area contributed by atoms with Crippen molar-refractivity contribution >= 4 is 5.69 Å². The van der Waals surface area contributed by atoms with E-state index in [0.29, 0.717) is 0 Å². The van der Waals surface area contributed by atoms with E-state index < -0.39 is 0 Å². The van der Waals surface area contributed by atoms with Crippen LogP contribution in [-0.4, -0.2) is 56.1 Å². The molecule has 0 bridgehead atoms. The average Bonchev–Trinajstić information content (AvgIpc) is 2.59. The van der Waals surface area contributed by atoms with Crippen LogP contribution < -0.4 is 5.32 Å². The van der Waals surface area contributed by atoms with E-state index in [0.717, 1.165) is 19.5 Å². The standard InChI is InChI=1S/C21H29N3/c1-18-8-9-21(20(16-18)17-19-6-4-3-5-7-19)22-10-11-24-14-12-23(2)13-15-24/h3-9,16,22H,10-15,17H2,1-2H3. The maximum Gasteiger partial charge on any atom is 0.0376 e. The van der Waals surface area contributed by atoms with Gasteiger partial charge in [-0.15, -0.1) is 0 Å². The molecule has 3 heteroatoms. The molecular weight excluding hydrogens is 294 g/mol. The second-order valence-electron chi connectivity index (χ2n) is 6.89. The number of benzene rings is 2. The molecule has 3 rings (SSSR count). The van der Waals surface area contributed by atoms with E-state index in [-0.39, 0.29) is 0 Å². The van der Waals surface area contributed by atoms with E-state index in [2.05, 4.69) is 77.6 Å². The molecule has 0 saturated carbocycles. The second kappa shape index (κ2) is 8.32. The predicted molar refractivity (Wildman–Crippen MR) is 103 cm³/mol. The fourth-order valence-electron chi connectivity index (χ4n) is 3.28. The Morgan fingerprint density at radius 3 is 2.46 bits per heavy atom. The number of nitrogens with one attached hydrogen (secondary N) is 1. The van der Waals surface area contributed by atoms with Gasteiger partial charge in [0, 0.05) is 45.0 Å². The molecule has 1 saturated heterocycles. The Hall–Kier alpha value is -1.84. The minimum absolute atomic E-state index is 0.985. The van der Waals surface area contributed by atoms with Gasteiger partial charge in [0.2, 0.25) is 0 Å². The van der Waals surface area contributed by atoms with Crippen molar-refractivity contribution < 1.29 is 0 Å². The minimum Gasteiger partial charge on any atom is -0.384 e. The first-order chi connectivity index (χ1) is 11.7. The molecule has 1 aliphatic heterocycles. The highest BCUT2D eigenvalue weighted by Gasteiger charge is 2.13. The maximum atomic E-state index is 3.66. The smallest absolute Gasteiger partial charge is 0.0376 e. The van der Waals surface area contributed by atoms with E-state index in [9.17, 15) is 0 Å². The van der Waals surface area contributed by atoms with E-state index in [1.165, 1.54) is 48.6 Å². The van der Waals surface area contributed by atoms with Crippen molar-refractivity contribution in [2.24, 2.45) is 0 Å². The highest BCUT2D eigenvalue weighted by Crippen LogP contribution is 2.21. The summed E-state index contributed by atoms with van der Waals surface area (Å²) in [7, 11) is 2.21. The number of hydrogen-bond donors (Lipinski definition) is 1. The molecule has 0 amide bonds. The largest absolute Gasteiger partial charge is 0.384 e. The predicted octanol–water partition coefficient (Wildman–Crippen LogP) is 3.25. The van der Waals surface area contributed by atoms with Gasteiger partial charge in [0.25, 0.3) is 0 Å². The normalized spacial score (nSPS) is 16.2. The Morgan fingerprint density at radius 2 is 1.71 bits per heavy atom. The lowest BCUT2D eigenvalue weighted by Crippen LogP contribution is -2.45. The molecule has 0 atom stereocenters. The monoisotopic (exact) mass is 323 g/mol. The molecule has 1 fully saturated rings. The number of hydrogen-bond acceptors (Lipinski definition) is 3. The fourth-order valence-corrected chi connectivity index (χ4v) is 3.28. The van der Waals surface area contributed by atoms with Crippen molar-refractivity contribution in [3.8, 4) is 0 Å². The zero-order valence-electron chi connectivity index (χ0n) is 15.0. The van der Waals surface area contributed by atoms with Gasteiger partial charge in [-0.05, 0) is 37.6 Å². The number of likely N-dealkylation sites (N-methyl/N-ethyl adjacent to an activating group) is 1. The summed E-state index contributed by atoms with van der Waals surface area (Å²) < 4.78 is 0. The van der Waals surface area contributed by atoms with Gasteiger partial charge in [-0.2, -0.15) is 0 Å². The Kier molecular flexibility index (Phi) is 5.89. The molecule has 0 aliphatic carbocycles. The van der Waals surface area contributed by atoms with E-state index in [1.807, 2.05) is 0 Å². The number of piperazine rings is 1. The molecule has 0 unspecified atom stereocenters. The van der Waals surface area contributed by atoms with Crippen LogP contribution in [0.3, 0.4) is 0 Å². The fraction of sp³-hybridized carbons (Fsp3) is 0.429. The Morgan fingerprint density at radius 1 is 0.958 bits per heavy atom. The molecule has 0 spiro atoms. The highest BCUT2D eigenvalue weighted by molar-refractivity contribution is 5.54. The second-order valence-corrected chi connectivity index (χ2v) is 6.89. The average molecular weight is 323 g/mol. The summed E-state index contributed by atoms with van der Waals surface area (Å²) in [5, 5.41) is 3.66. The molecule has 24 heavy (non-hydrogen) atoms. The van der Waals surface area contributed by atoms with Gasteiger partial charge in [0.05, 0.1) is 0 Å². The number of anilines is 1. The van der Waals surface area contributed by atoms with Gasteiger partial charge in [-0.3, -0.25) is 4.90 Å². The van der Waals surface area contributed by atoms with Gasteiger partial charge >= 0.3 is 0 Å². The first kappa shape index (κ1) is 17.0. The Labute approximate surface area is 146 Å². The zero-order valence-corrected chi connectivity index (χ0v) is 15.0. The van der Waals surface area contributed by atoms with Crippen LogP contribution >= 0.6 is 0 Å². The molecule has 1 aliphatic rings. The third-order valence-electron chi connectivity index (χ3n) is 4.84. The Bertz CT molecular complexity index is 631. The third-order valence-corrected chi connectivity index (χ3v) is 4.84. The lowest BCUT2D eigenvalue weighted by Gasteiger charge is -2.32. The van der Waals surface area contributed by atoms with Gasteiger partial charge < -0.3 is 10.2 Å². The number of aryl methyl sites for hydroxylation is 1. The molecule has 128 valence electrons. The molecular formula is C21H29N3. The zero-order chi connectivity index (χ0) is 16.8. The van der Waals surface area contributed by atoms with Gasteiger partial charge in [0.1, 0.15) is 0 Å². The first-order valence-electron chi connectivity index (χ1n) is 8.99. The molecule has 1 N–H and O–H groups in total. The summed E-state index contributed by atoms with van der Waals surface area (Å²) in [5.41, 5.74) is 5.36. The summed E-state index contributed by atoms with van der Waals surface area (Å²) in [6.07, 6.45) is 0.985. The summed E-state index contributed by atoms with van der Waals surface area (Å²) in [6, 6.07) is 17.5. The molecule has 2 aromatic rings. The quantitative estimate of drug-likeness (QED) is 0.880. The van der Waals surface area contributed by atoms with Crippen molar-refractivity contribution in [3.63, 3.8) is 0 Å². The van der Waals surface area contributed by atoms with Crippen molar-refractivity contribution in [1.29, 1.82) is 0 Å². The number of nitrogens with zero attached hydrogens (tertiary/aromatic N) is 2. The van der Waals surface area contributed by atoms with Crippen molar-refractivity contribution in [1.82, 2.24) is 9.80 Å². The van der Waals surface area contributed by atoms with Crippen molar-refractivity contribution in [2.75, 3.05) is 51.6 Å². The summed E-state index contributed by atoms with van der Waals surface area (Å²) >= 11 is 0. The molecule has 1 heterocycles. The Balaban J connectivity index is 1.58. The topological polar surface area (TPSA) is 18.5 Å². The van der Waals surface area contributed by atoms with Gasteiger partial charge in [0.15, 0.2) is 0 Å². The minimum atomic E-state index is 0.985. The van der Waals surface area contributed by atoms with E-state index >= 15 is 0 Å². The summed E-state index contributed by atoms with van der Waals surface area (Å²) in [6.45, 7) is 9.03. The van der Waals surface area contributed by atoms with Crippen LogP contribution in [0.15, 0.2) is 48.5 Å². The SMILES string of the molecule is Cc1ccc(NCCN2CCN(C)CC2)c(Cc2ccccc2)c1. The number of rotatable bonds is 6. The van der Waals surface area contributed by atoms with E-state index in [4.69, 9.17) is 0 Å². The molecule has 0 radical (unpaired) electrons. The molecule has 0 aromatic heterocycles.